The molecule has 2 amide bonds. The van der Waals surface area contributed by atoms with E-state index in [1.165, 1.54) is 31.3 Å². The van der Waals surface area contributed by atoms with Crippen LogP contribution in [0.15, 0.2) is 29.2 Å². The van der Waals surface area contributed by atoms with Crippen molar-refractivity contribution in [1.82, 2.24) is 19.4 Å². The summed E-state index contributed by atoms with van der Waals surface area (Å²) in [5.74, 6) is -0.0793. The van der Waals surface area contributed by atoms with E-state index < -0.39 is 10.0 Å². The summed E-state index contributed by atoms with van der Waals surface area (Å²) < 4.78 is 31.1. The Hall–Kier alpha value is -2.01. The van der Waals surface area contributed by atoms with Gasteiger partial charge in [-0.3, -0.25) is 14.5 Å². The maximum absolute atomic E-state index is 12.7. The Morgan fingerprint density at radius 2 is 1.54 bits per heavy atom. The summed E-state index contributed by atoms with van der Waals surface area (Å²) in [7, 11) is -2.18. The highest BCUT2D eigenvalue weighted by molar-refractivity contribution is 7.89. The average molecular weight is 410 g/mol. The van der Waals surface area contributed by atoms with Gasteiger partial charge in [0.05, 0.1) is 24.7 Å². The van der Waals surface area contributed by atoms with E-state index in [2.05, 4.69) is 9.62 Å². The van der Waals surface area contributed by atoms with E-state index in [1.54, 1.807) is 9.80 Å². The second-order valence-electron chi connectivity index (χ2n) is 6.79. The molecular weight excluding hydrogens is 384 g/mol. The lowest BCUT2D eigenvalue weighted by Gasteiger charge is -2.36. The molecule has 0 aliphatic carbocycles. The summed E-state index contributed by atoms with van der Waals surface area (Å²) in [6.07, 6.45) is 0. The molecule has 9 nitrogen and oxygen atoms in total. The quantitative estimate of drug-likeness (QED) is 0.683. The SMILES string of the molecule is CNS(=O)(=O)c1ccc(C(=O)N2CCN(C(=O)CN3CCOCC3)CC2)cc1. The number of amides is 2. The van der Waals surface area contributed by atoms with Gasteiger partial charge in [0.1, 0.15) is 0 Å². The van der Waals surface area contributed by atoms with Crippen molar-refractivity contribution < 1.29 is 22.7 Å². The van der Waals surface area contributed by atoms with Crippen LogP contribution in [0.3, 0.4) is 0 Å². The lowest BCUT2D eigenvalue weighted by atomic mass is 10.2. The molecule has 10 heteroatoms. The van der Waals surface area contributed by atoms with E-state index in [0.717, 1.165) is 13.1 Å². The van der Waals surface area contributed by atoms with Gasteiger partial charge in [-0.1, -0.05) is 0 Å². The van der Waals surface area contributed by atoms with Crippen LogP contribution in [0.25, 0.3) is 0 Å². The summed E-state index contributed by atoms with van der Waals surface area (Å²) in [6, 6.07) is 5.87. The molecule has 1 aromatic rings. The number of rotatable bonds is 5. The number of morpholine rings is 1. The molecule has 0 bridgehead atoms. The summed E-state index contributed by atoms with van der Waals surface area (Å²) >= 11 is 0. The zero-order chi connectivity index (χ0) is 20.1. The number of nitrogens with zero attached hydrogens (tertiary/aromatic N) is 3. The Balaban J connectivity index is 1.52. The van der Waals surface area contributed by atoms with Crippen molar-refractivity contribution in [3.63, 3.8) is 0 Å². The largest absolute Gasteiger partial charge is 0.379 e. The molecule has 154 valence electrons. The predicted molar refractivity (Wildman–Crippen MR) is 102 cm³/mol. The fourth-order valence-corrected chi connectivity index (χ4v) is 4.02. The Morgan fingerprint density at radius 1 is 0.964 bits per heavy atom. The van der Waals surface area contributed by atoms with Crippen molar-refractivity contribution in [2.45, 2.75) is 4.90 Å². The van der Waals surface area contributed by atoms with Gasteiger partial charge in [-0.05, 0) is 31.3 Å². The predicted octanol–water partition coefficient (Wildman–Crippen LogP) is -0.789. The van der Waals surface area contributed by atoms with Gasteiger partial charge in [-0.15, -0.1) is 0 Å². The monoisotopic (exact) mass is 410 g/mol. The standard InChI is InChI=1S/C18H26N4O5S/c1-19-28(25,26)16-4-2-15(3-5-16)18(24)22-8-6-21(7-9-22)17(23)14-20-10-12-27-13-11-20/h2-5,19H,6-14H2,1H3. The molecule has 0 spiro atoms. The molecule has 2 fully saturated rings. The molecule has 0 atom stereocenters. The van der Waals surface area contributed by atoms with E-state index in [9.17, 15) is 18.0 Å². The van der Waals surface area contributed by atoms with Crippen LogP contribution >= 0.6 is 0 Å². The first kappa shape index (κ1) is 20.7. The highest BCUT2D eigenvalue weighted by atomic mass is 32.2. The average Bonchev–Trinajstić information content (AvgIpc) is 2.74. The normalized spacial score (nSPS) is 18.9. The molecule has 2 aliphatic rings. The van der Waals surface area contributed by atoms with Crippen molar-refractivity contribution in [2.75, 3.05) is 66.1 Å². The molecule has 0 unspecified atom stereocenters. The van der Waals surface area contributed by atoms with E-state index in [0.29, 0.717) is 51.5 Å². The zero-order valence-electron chi connectivity index (χ0n) is 16.0. The van der Waals surface area contributed by atoms with Crippen LogP contribution in [0.5, 0.6) is 0 Å². The van der Waals surface area contributed by atoms with Crippen molar-refractivity contribution >= 4 is 21.8 Å². The van der Waals surface area contributed by atoms with Gasteiger partial charge < -0.3 is 14.5 Å². The molecule has 2 aliphatic heterocycles. The number of carbonyl (C=O) groups is 2. The Kier molecular flexibility index (Phi) is 6.65. The first-order valence-electron chi connectivity index (χ1n) is 9.31. The summed E-state index contributed by atoms with van der Waals surface area (Å²) in [5, 5.41) is 0. The second-order valence-corrected chi connectivity index (χ2v) is 8.68. The summed E-state index contributed by atoms with van der Waals surface area (Å²) in [4.78, 5) is 30.8. The van der Waals surface area contributed by atoms with E-state index in [1.807, 2.05) is 0 Å². The number of sulfonamides is 1. The summed E-state index contributed by atoms with van der Waals surface area (Å²) in [6.45, 7) is 5.16. The van der Waals surface area contributed by atoms with Gasteiger partial charge in [0.15, 0.2) is 0 Å². The topological polar surface area (TPSA) is 99.3 Å². The van der Waals surface area contributed by atoms with Crippen LogP contribution in [-0.2, 0) is 19.6 Å². The van der Waals surface area contributed by atoms with Crippen LogP contribution in [0, 0.1) is 0 Å². The van der Waals surface area contributed by atoms with Crippen LogP contribution < -0.4 is 4.72 Å². The number of hydrogen-bond acceptors (Lipinski definition) is 6. The van der Waals surface area contributed by atoms with Crippen molar-refractivity contribution in [3.8, 4) is 0 Å². The Labute approximate surface area is 165 Å². The lowest BCUT2D eigenvalue weighted by molar-refractivity contribution is -0.134. The minimum absolute atomic E-state index is 0.0793. The highest BCUT2D eigenvalue weighted by Crippen LogP contribution is 2.14. The fraction of sp³-hybridized carbons (Fsp3) is 0.556. The van der Waals surface area contributed by atoms with Crippen molar-refractivity contribution in [1.29, 1.82) is 0 Å². The zero-order valence-corrected chi connectivity index (χ0v) is 16.8. The molecule has 0 radical (unpaired) electrons. The maximum atomic E-state index is 12.7. The molecule has 0 aromatic heterocycles. The molecule has 2 saturated heterocycles. The number of benzene rings is 1. The highest BCUT2D eigenvalue weighted by Gasteiger charge is 2.26. The number of nitrogens with one attached hydrogen (secondary N) is 1. The van der Waals surface area contributed by atoms with Gasteiger partial charge in [0.2, 0.25) is 15.9 Å². The van der Waals surface area contributed by atoms with Crippen molar-refractivity contribution in [3.05, 3.63) is 29.8 Å². The minimum atomic E-state index is -3.53. The second kappa shape index (κ2) is 8.99. The van der Waals surface area contributed by atoms with Gasteiger partial charge in [0.25, 0.3) is 5.91 Å². The molecule has 1 N–H and O–H groups in total. The molecule has 28 heavy (non-hydrogen) atoms. The first-order valence-corrected chi connectivity index (χ1v) is 10.8. The van der Waals surface area contributed by atoms with Crippen LogP contribution in [0.1, 0.15) is 10.4 Å². The smallest absolute Gasteiger partial charge is 0.253 e. The molecular formula is C18H26N4O5S. The fourth-order valence-electron chi connectivity index (χ4n) is 3.29. The van der Waals surface area contributed by atoms with Crippen LogP contribution in [-0.4, -0.2) is 101 Å². The minimum Gasteiger partial charge on any atom is -0.379 e. The van der Waals surface area contributed by atoms with Crippen LogP contribution in [0.2, 0.25) is 0 Å². The number of carbonyl (C=O) groups excluding carboxylic acids is 2. The first-order chi connectivity index (χ1) is 13.4. The number of piperazine rings is 1. The number of hydrogen-bond donors (Lipinski definition) is 1. The third-order valence-corrected chi connectivity index (χ3v) is 6.49. The lowest BCUT2D eigenvalue weighted by Crippen LogP contribution is -2.53. The Bertz CT molecular complexity index is 798. The van der Waals surface area contributed by atoms with Gasteiger partial charge in [-0.2, -0.15) is 0 Å². The molecule has 1 aromatic carbocycles. The maximum Gasteiger partial charge on any atom is 0.253 e. The molecule has 3 rings (SSSR count). The van der Waals surface area contributed by atoms with Gasteiger partial charge in [0, 0.05) is 44.8 Å². The van der Waals surface area contributed by atoms with E-state index in [-0.39, 0.29) is 16.7 Å². The third-order valence-electron chi connectivity index (χ3n) is 5.06. The van der Waals surface area contributed by atoms with E-state index >= 15 is 0 Å². The third kappa shape index (κ3) is 4.88. The van der Waals surface area contributed by atoms with Crippen molar-refractivity contribution in [2.24, 2.45) is 0 Å². The van der Waals surface area contributed by atoms with Gasteiger partial charge >= 0.3 is 0 Å². The molecule has 2 heterocycles. The van der Waals surface area contributed by atoms with Gasteiger partial charge in [-0.25, -0.2) is 13.1 Å². The summed E-state index contributed by atoms with van der Waals surface area (Å²) in [5.41, 5.74) is 0.433. The number of ether oxygens (including phenoxy) is 1. The molecule has 0 saturated carbocycles. The van der Waals surface area contributed by atoms with E-state index in [4.69, 9.17) is 4.74 Å². The van der Waals surface area contributed by atoms with Crippen LogP contribution in [0.4, 0.5) is 0 Å². The Morgan fingerprint density at radius 3 is 2.11 bits per heavy atom.